The van der Waals surface area contributed by atoms with Gasteiger partial charge in [0, 0.05) is 11.4 Å². The van der Waals surface area contributed by atoms with Gasteiger partial charge >= 0.3 is 0 Å². The maximum atomic E-state index is 8.66. The molecule has 2 nitrogen and oxygen atoms in total. The Labute approximate surface area is 82.7 Å². The lowest BCUT2D eigenvalue weighted by molar-refractivity contribution is 1.02. The summed E-state index contributed by atoms with van der Waals surface area (Å²) in [5.41, 5.74) is 6.68. The van der Waals surface area contributed by atoms with E-state index in [-0.39, 0.29) is 5.25 Å². The predicted molar refractivity (Wildman–Crippen MR) is 55.3 cm³/mol. The molecule has 0 spiro atoms. The first-order chi connectivity index (χ1) is 6.27. The van der Waals surface area contributed by atoms with Gasteiger partial charge in [-0.1, -0.05) is 18.2 Å². The molecule has 68 valence electrons. The van der Waals surface area contributed by atoms with Crippen LogP contribution in [0.25, 0.3) is 0 Å². The summed E-state index contributed by atoms with van der Waals surface area (Å²) < 4.78 is 0. The minimum atomic E-state index is -0.0206. The monoisotopic (exact) mass is 192 g/mol. The van der Waals surface area contributed by atoms with Gasteiger partial charge in [-0.05, 0) is 18.6 Å². The van der Waals surface area contributed by atoms with Crippen LogP contribution in [0.2, 0.25) is 0 Å². The molecule has 0 saturated heterocycles. The van der Waals surface area contributed by atoms with Crippen molar-refractivity contribution in [3.8, 4) is 6.07 Å². The minimum Gasteiger partial charge on any atom is -0.326 e. The molecule has 0 saturated carbocycles. The van der Waals surface area contributed by atoms with Crippen LogP contribution in [0.4, 0.5) is 0 Å². The summed E-state index contributed by atoms with van der Waals surface area (Å²) in [5.74, 6) is 0. The lowest BCUT2D eigenvalue weighted by atomic mass is 10.2. The lowest BCUT2D eigenvalue weighted by Gasteiger charge is -2.07. The molecule has 13 heavy (non-hydrogen) atoms. The lowest BCUT2D eigenvalue weighted by Crippen LogP contribution is -1.99. The van der Waals surface area contributed by atoms with Crippen molar-refractivity contribution < 1.29 is 0 Å². The van der Waals surface area contributed by atoms with Crippen molar-refractivity contribution in [3.05, 3.63) is 29.8 Å². The molecule has 0 heterocycles. The molecule has 1 aromatic carbocycles. The summed E-state index contributed by atoms with van der Waals surface area (Å²) in [6.45, 7) is 2.42. The van der Waals surface area contributed by atoms with Crippen LogP contribution in [-0.2, 0) is 6.54 Å². The fraction of sp³-hybridized carbons (Fsp3) is 0.300. The highest BCUT2D eigenvalue weighted by atomic mass is 32.2. The van der Waals surface area contributed by atoms with E-state index in [2.05, 4.69) is 6.07 Å². The van der Waals surface area contributed by atoms with Crippen molar-refractivity contribution in [3.63, 3.8) is 0 Å². The maximum absolute atomic E-state index is 8.66. The van der Waals surface area contributed by atoms with Crippen LogP contribution >= 0.6 is 11.8 Å². The highest BCUT2D eigenvalue weighted by molar-refractivity contribution is 8.00. The second-order valence-electron chi connectivity index (χ2n) is 2.70. The van der Waals surface area contributed by atoms with Gasteiger partial charge < -0.3 is 5.73 Å². The Kier molecular flexibility index (Phi) is 3.81. The molecule has 0 bridgehead atoms. The van der Waals surface area contributed by atoms with Crippen molar-refractivity contribution in [2.75, 3.05) is 0 Å². The Morgan fingerprint density at radius 3 is 2.85 bits per heavy atom. The van der Waals surface area contributed by atoms with Gasteiger partial charge in [-0.3, -0.25) is 0 Å². The molecule has 0 amide bonds. The second-order valence-corrected chi connectivity index (χ2v) is 4.08. The standard InChI is InChI=1S/C10H12N2S/c1-8(6-11)13-10-5-3-2-4-9(10)7-12/h2-5,8H,7,12H2,1H3. The molecule has 0 radical (unpaired) electrons. The Bertz CT molecular complexity index is 317. The Morgan fingerprint density at radius 2 is 2.23 bits per heavy atom. The number of thioether (sulfide) groups is 1. The zero-order chi connectivity index (χ0) is 9.68. The third-order valence-corrected chi connectivity index (χ3v) is 2.79. The van der Waals surface area contributed by atoms with E-state index in [9.17, 15) is 0 Å². The fourth-order valence-electron chi connectivity index (χ4n) is 1.00. The first-order valence-electron chi connectivity index (χ1n) is 4.12. The van der Waals surface area contributed by atoms with Gasteiger partial charge in [0.05, 0.1) is 11.3 Å². The first-order valence-corrected chi connectivity index (χ1v) is 5.00. The summed E-state index contributed by atoms with van der Waals surface area (Å²) in [4.78, 5) is 1.11. The number of benzene rings is 1. The number of rotatable bonds is 3. The summed E-state index contributed by atoms with van der Waals surface area (Å²) >= 11 is 1.55. The summed E-state index contributed by atoms with van der Waals surface area (Å²) in [6.07, 6.45) is 0. The molecule has 2 N–H and O–H groups in total. The Hall–Kier alpha value is -0.980. The molecule has 0 aliphatic heterocycles. The first kappa shape index (κ1) is 10.1. The largest absolute Gasteiger partial charge is 0.326 e. The second kappa shape index (κ2) is 4.90. The molecule has 1 aromatic rings. The molecule has 1 atom stereocenters. The van der Waals surface area contributed by atoms with E-state index in [4.69, 9.17) is 11.0 Å². The highest BCUT2D eigenvalue weighted by Crippen LogP contribution is 2.25. The van der Waals surface area contributed by atoms with Crippen LogP contribution in [-0.4, -0.2) is 5.25 Å². The van der Waals surface area contributed by atoms with Crippen molar-refractivity contribution >= 4 is 11.8 Å². The quantitative estimate of drug-likeness (QED) is 0.746. The third kappa shape index (κ3) is 2.76. The van der Waals surface area contributed by atoms with E-state index in [1.165, 1.54) is 0 Å². The fourth-order valence-corrected chi connectivity index (χ4v) is 1.90. The molecular weight excluding hydrogens is 180 g/mol. The maximum Gasteiger partial charge on any atom is 0.0935 e. The average molecular weight is 192 g/mol. The topological polar surface area (TPSA) is 49.8 Å². The molecule has 0 aromatic heterocycles. The van der Waals surface area contributed by atoms with Gasteiger partial charge in [0.2, 0.25) is 0 Å². The van der Waals surface area contributed by atoms with E-state index in [1.54, 1.807) is 11.8 Å². The summed E-state index contributed by atoms with van der Waals surface area (Å²) in [6, 6.07) is 10.1. The molecule has 1 rings (SSSR count). The molecule has 0 aliphatic carbocycles. The minimum absolute atomic E-state index is 0.0206. The van der Waals surface area contributed by atoms with Crippen LogP contribution in [0.5, 0.6) is 0 Å². The van der Waals surface area contributed by atoms with E-state index in [1.807, 2.05) is 31.2 Å². The van der Waals surface area contributed by atoms with E-state index in [0.29, 0.717) is 6.54 Å². The number of nitrogens with two attached hydrogens (primary N) is 1. The van der Waals surface area contributed by atoms with Crippen molar-refractivity contribution in [2.24, 2.45) is 5.73 Å². The van der Waals surface area contributed by atoms with Crippen LogP contribution < -0.4 is 5.73 Å². The smallest absolute Gasteiger partial charge is 0.0935 e. The van der Waals surface area contributed by atoms with E-state index in [0.717, 1.165) is 10.5 Å². The zero-order valence-corrected chi connectivity index (χ0v) is 8.34. The molecule has 3 heteroatoms. The van der Waals surface area contributed by atoms with Crippen molar-refractivity contribution in [1.82, 2.24) is 0 Å². The Balaban J connectivity index is 2.82. The van der Waals surface area contributed by atoms with Gasteiger partial charge in [0.15, 0.2) is 0 Å². The number of hydrogen-bond acceptors (Lipinski definition) is 3. The van der Waals surface area contributed by atoms with E-state index < -0.39 is 0 Å². The van der Waals surface area contributed by atoms with Crippen LogP contribution in [0.3, 0.4) is 0 Å². The summed E-state index contributed by atoms with van der Waals surface area (Å²) in [5, 5.41) is 8.64. The SMILES string of the molecule is CC(C#N)Sc1ccccc1CN. The van der Waals surface area contributed by atoms with E-state index >= 15 is 0 Å². The Morgan fingerprint density at radius 1 is 1.54 bits per heavy atom. The normalized spacial score (nSPS) is 12.1. The van der Waals surface area contributed by atoms with Gasteiger partial charge in [-0.25, -0.2) is 0 Å². The molecule has 1 unspecified atom stereocenters. The molecule has 0 fully saturated rings. The molecule has 0 aliphatic rings. The molecular formula is C10H12N2S. The summed E-state index contributed by atoms with van der Waals surface area (Å²) in [7, 11) is 0. The van der Waals surface area contributed by atoms with Gasteiger partial charge in [0.1, 0.15) is 0 Å². The van der Waals surface area contributed by atoms with Crippen molar-refractivity contribution in [1.29, 1.82) is 5.26 Å². The number of nitrogens with zero attached hydrogens (tertiary/aromatic N) is 1. The van der Waals surface area contributed by atoms with Crippen molar-refractivity contribution in [2.45, 2.75) is 23.6 Å². The number of hydrogen-bond donors (Lipinski definition) is 1. The average Bonchev–Trinajstić information content (AvgIpc) is 2.18. The third-order valence-electron chi connectivity index (χ3n) is 1.68. The van der Waals surface area contributed by atoms with Crippen LogP contribution in [0, 0.1) is 11.3 Å². The number of nitriles is 1. The van der Waals surface area contributed by atoms with Crippen LogP contribution in [0.15, 0.2) is 29.2 Å². The van der Waals surface area contributed by atoms with Gasteiger partial charge in [-0.15, -0.1) is 11.8 Å². The zero-order valence-electron chi connectivity index (χ0n) is 7.53. The predicted octanol–water partition coefficient (Wildman–Crippen LogP) is 2.15. The highest BCUT2D eigenvalue weighted by Gasteiger charge is 2.05. The van der Waals surface area contributed by atoms with Gasteiger partial charge in [-0.2, -0.15) is 5.26 Å². The van der Waals surface area contributed by atoms with Gasteiger partial charge in [0.25, 0.3) is 0 Å². The van der Waals surface area contributed by atoms with Crippen LogP contribution in [0.1, 0.15) is 12.5 Å².